The van der Waals surface area contributed by atoms with Crippen molar-refractivity contribution in [3.8, 4) is 0 Å². The molecule has 4 nitrogen and oxygen atoms in total. The number of aromatic nitrogens is 2. The predicted molar refractivity (Wildman–Crippen MR) is 78.1 cm³/mol. The minimum Gasteiger partial charge on any atom is -0.387 e. The average molecular weight is 307 g/mol. The molecule has 3 rings (SSSR count). The summed E-state index contributed by atoms with van der Waals surface area (Å²) in [6, 6.07) is 3.34. The molecular weight excluding hydrogens is 288 g/mol. The van der Waals surface area contributed by atoms with E-state index in [4.69, 9.17) is 0 Å². The normalized spacial score (nSPS) is 20.5. The molecule has 2 aromatic rings. The van der Waals surface area contributed by atoms with Crippen LogP contribution in [0.5, 0.6) is 0 Å². The maximum Gasteiger partial charge on any atom is 0.129 e. The minimum atomic E-state index is -1.05. The molecule has 1 N–H and O–H groups in total. The van der Waals surface area contributed by atoms with Gasteiger partial charge in [-0.05, 0) is 37.6 Å². The van der Waals surface area contributed by atoms with Crippen LogP contribution in [0.2, 0.25) is 0 Å². The first-order valence-electron chi connectivity index (χ1n) is 7.40. The largest absolute Gasteiger partial charge is 0.387 e. The molecule has 0 spiro atoms. The number of benzene rings is 1. The number of hydrogen-bond acceptors (Lipinski definition) is 3. The van der Waals surface area contributed by atoms with Crippen LogP contribution in [0.25, 0.3) is 0 Å². The average Bonchev–Trinajstić information content (AvgIpc) is 3.10. The van der Waals surface area contributed by atoms with Gasteiger partial charge in [-0.1, -0.05) is 0 Å². The van der Waals surface area contributed by atoms with Crippen molar-refractivity contribution in [2.45, 2.75) is 25.0 Å². The molecule has 0 radical (unpaired) electrons. The molecule has 1 saturated heterocycles. The standard InChI is InChI=1S/C16H19F2N3O/c1-20-9-11(8-19-20)15-3-2-6-21(15)10-16(22)13-7-12(17)4-5-14(13)18/h4-5,7-9,15-16,22H,2-3,6,10H2,1H3/t15-,16-/m1/s1. The molecule has 118 valence electrons. The molecule has 2 atom stereocenters. The Morgan fingerprint density at radius 1 is 1.41 bits per heavy atom. The van der Waals surface area contributed by atoms with Gasteiger partial charge in [0.2, 0.25) is 0 Å². The summed E-state index contributed by atoms with van der Waals surface area (Å²) in [5.74, 6) is -1.12. The molecule has 0 unspecified atom stereocenters. The summed E-state index contributed by atoms with van der Waals surface area (Å²) in [5, 5.41) is 14.5. The number of halogens is 2. The molecular formula is C16H19F2N3O. The number of likely N-dealkylation sites (tertiary alicyclic amines) is 1. The van der Waals surface area contributed by atoms with Crippen molar-refractivity contribution in [1.82, 2.24) is 14.7 Å². The van der Waals surface area contributed by atoms with Crippen LogP contribution in [-0.2, 0) is 7.05 Å². The molecule has 1 aromatic heterocycles. The van der Waals surface area contributed by atoms with E-state index in [0.29, 0.717) is 0 Å². The lowest BCUT2D eigenvalue weighted by Crippen LogP contribution is -2.28. The highest BCUT2D eigenvalue weighted by Crippen LogP contribution is 2.33. The number of rotatable bonds is 4. The van der Waals surface area contributed by atoms with Crippen molar-refractivity contribution in [2.75, 3.05) is 13.1 Å². The highest BCUT2D eigenvalue weighted by molar-refractivity contribution is 5.22. The Morgan fingerprint density at radius 3 is 2.95 bits per heavy atom. The Kier molecular flexibility index (Phi) is 4.22. The molecule has 6 heteroatoms. The van der Waals surface area contributed by atoms with Crippen molar-refractivity contribution in [3.63, 3.8) is 0 Å². The Balaban J connectivity index is 1.75. The molecule has 0 amide bonds. The quantitative estimate of drug-likeness (QED) is 0.944. The Labute approximate surface area is 128 Å². The zero-order valence-corrected chi connectivity index (χ0v) is 12.4. The maximum absolute atomic E-state index is 13.8. The number of aliphatic hydroxyl groups is 1. The molecule has 1 aromatic carbocycles. The molecule has 1 fully saturated rings. The second kappa shape index (κ2) is 6.14. The highest BCUT2D eigenvalue weighted by Gasteiger charge is 2.29. The van der Waals surface area contributed by atoms with Gasteiger partial charge in [-0.3, -0.25) is 9.58 Å². The summed E-state index contributed by atoms with van der Waals surface area (Å²) >= 11 is 0. The maximum atomic E-state index is 13.8. The fourth-order valence-electron chi connectivity index (χ4n) is 3.12. The number of β-amino-alcohol motifs (C(OH)–C–C–N with tert-alkyl or cyclic N) is 1. The SMILES string of the molecule is Cn1cc([C@H]2CCCN2C[C@@H](O)c2cc(F)ccc2F)cn1. The molecule has 2 heterocycles. The molecule has 0 saturated carbocycles. The lowest BCUT2D eigenvalue weighted by molar-refractivity contribution is 0.103. The van der Waals surface area contributed by atoms with Gasteiger partial charge >= 0.3 is 0 Å². The van der Waals surface area contributed by atoms with Crippen LogP contribution in [0.15, 0.2) is 30.6 Å². The van der Waals surface area contributed by atoms with Crippen molar-refractivity contribution in [2.24, 2.45) is 7.05 Å². The molecule has 0 aliphatic carbocycles. The van der Waals surface area contributed by atoms with E-state index in [1.807, 2.05) is 19.4 Å². The third-order valence-electron chi connectivity index (χ3n) is 4.20. The van der Waals surface area contributed by atoms with E-state index >= 15 is 0 Å². The molecule has 0 bridgehead atoms. The topological polar surface area (TPSA) is 41.3 Å². The lowest BCUT2D eigenvalue weighted by Gasteiger charge is -2.26. The van der Waals surface area contributed by atoms with Gasteiger partial charge in [-0.15, -0.1) is 0 Å². The van der Waals surface area contributed by atoms with Crippen LogP contribution in [0, 0.1) is 11.6 Å². The van der Waals surface area contributed by atoms with E-state index in [9.17, 15) is 13.9 Å². The van der Waals surface area contributed by atoms with Crippen LogP contribution in [0.1, 0.15) is 36.1 Å². The third-order valence-corrected chi connectivity index (χ3v) is 4.20. The zero-order valence-electron chi connectivity index (χ0n) is 12.4. The van der Waals surface area contributed by atoms with Gasteiger partial charge < -0.3 is 5.11 Å². The van der Waals surface area contributed by atoms with Crippen molar-refractivity contribution in [1.29, 1.82) is 0 Å². The van der Waals surface area contributed by atoms with E-state index in [2.05, 4.69) is 10.00 Å². The van der Waals surface area contributed by atoms with E-state index in [0.717, 1.165) is 43.1 Å². The van der Waals surface area contributed by atoms with Crippen LogP contribution in [-0.4, -0.2) is 32.9 Å². The first-order chi connectivity index (χ1) is 10.5. The van der Waals surface area contributed by atoms with Crippen LogP contribution in [0.3, 0.4) is 0 Å². The summed E-state index contributed by atoms with van der Waals surface area (Å²) in [6.07, 6.45) is 4.71. The van der Waals surface area contributed by atoms with Gasteiger partial charge in [0.25, 0.3) is 0 Å². The highest BCUT2D eigenvalue weighted by atomic mass is 19.1. The molecule has 1 aliphatic heterocycles. The Hall–Kier alpha value is -1.79. The summed E-state index contributed by atoms with van der Waals surface area (Å²) < 4.78 is 28.8. The summed E-state index contributed by atoms with van der Waals surface area (Å²) in [4.78, 5) is 2.10. The monoisotopic (exact) mass is 307 g/mol. The number of hydrogen-bond donors (Lipinski definition) is 1. The van der Waals surface area contributed by atoms with Crippen LogP contribution < -0.4 is 0 Å². The van der Waals surface area contributed by atoms with E-state index in [-0.39, 0.29) is 18.2 Å². The van der Waals surface area contributed by atoms with Crippen molar-refractivity contribution >= 4 is 0 Å². The smallest absolute Gasteiger partial charge is 0.129 e. The minimum absolute atomic E-state index is 0.0110. The van der Waals surface area contributed by atoms with E-state index in [1.165, 1.54) is 0 Å². The van der Waals surface area contributed by atoms with Crippen LogP contribution >= 0.6 is 0 Å². The number of aryl methyl sites for hydroxylation is 1. The fourth-order valence-corrected chi connectivity index (χ4v) is 3.12. The molecule has 22 heavy (non-hydrogen) atoms. The number of aliphatic hydroxyl groups excluding tert-OH is 1. The van der Waals surface area contributed by atoms with Gasteiger partial charge in [-0.2, -0.15) is 5.10 Å². The Morgan fingerprint density at radius 2 is 2.23 bits per heavy atom. The summed E-state index contributed by atoms with van der Waals surface area (Å²) in [7, 11) is 1.86. The van der Waals surface area contributed by atoms with Gasteiger partial charge in [-0.25, -0.2) is 8.78 Å². The second-order valence-electron chi connectivity index (χ2n) is 5.78. The lowest BCUT2D eigenvalue weighted by atomic mass is 10.1. The first-order valence-corrected chi connectivity index (χ1v) is 7.40. The first kappa shape index (κ1) is 15.1. The number of nitrogens with zero attached hydrogens (tertiary/aromatic N) is 3. The summed E-state index contributed by atoms with van der Waals surface area (Å²) in [5.41, 5.74) is 1.10. The zero-order chi connectivity index (χ0) is 15.7. The van der Waals surface area contributed by atoms with Crippen molar-refractivity contribution in [3.05, 3.63) is 53.4 Å². The van der Waals surface area contributed by atoms with Crippen molar-refractivity contribution < 1.29 is 13.9 Å². The predicted octanol–water partition coefficient (Wildman–Crippen LogP) is 2.57. The summed E-state index contributed by atoms with van der Waals surface area (Å²) in [6.45, 7) is 1.10. The van der Waals surface area contributed by atoms with Crippen LogP contribution in [0.4, 0.5) is 8.78 Å². The van der Waals surface area contributed by atoms with E-state index < -0.39 is 17.7 Å². The van der Waals surface area contributed by atoms with Gasteiger partial charge in [0.15, 0.2) is 0 Å². The van der Waals surface area contributed by atoms with Gasteiger partial charge in [0.1, 0.15) is 11.6 Å². The van der Waals surface area contributed by atoms with Gasteiger partial charge in [0.05, 0.1) is 12.3 Å². The second-order valence-corrected chi connectivity index (χ2v) is 5.78. The molecule has 1 aliphatic rings. The third kappa shape index (κ3) is 3.03. The Bertz CT molecular complexity index is 659. The van der Waals surface area contributed by atoms with E-state index in [1.54, 1.807) is 4.68 Å². The fraction of sp³-hybridized carbons (Fsp3) is 0.438. The van der Waals surface area contributed by atoms with Gasteiger partial charge in [0, 0.05) is 37.0 Å².